The summed E-state index contributed by atoms with van der Waals surface area (Å²) in [5.41, 5.74) is 0. The Kier molecular flexibility index (Phi) is 6.02. The summed E-state index contributed by atoms with van der Waals surface area (Å²) in [5.74, 6) is 5.08. The molecule has 0 heterocycles. The minimum Gasteiger partial charge on any atom is -0.280 e. The molecule has 0 aliphatic rings. The summed E-state index contributed by atoms with van der Waals surface area (Å²) in [4.78, 5) is 10.9. The molecule has 4 nitrogen and oxygen atoms in total. The Balaban J connectivity index is 3.51. The van der Waals surface area contributed by atoms with Crippen LogP contribution in [0.2, 0.25) is 0 Å². The van der Waals surface area contributed by atoms with Gasteiger partial charge in [-0.05, 0) is 6.42 Å². The number of hydrazine groups is 1. The zero-order valence-corrected chi connectivity index (χ0v) is 7.42. The van der Waals surface area contributed by atoms with E-state index in [2.05, 4.69) is 6.92 Å². The lowest BCUT2D eigenvalue weighted by Crippen LogP contribution is -2.37. The van der Waals surface area contributed by atoms with Gasteiger partial charge in [-0.15, -0.1) is 0 Å². The summed E-state index contributed by atoms with van der Waals surface area (Å²) in [6, 6.07) is 1.77. The van der Waals surface area contributed by atoms with Crippen LogP contribution in [0.4, 0.5) is 0 Å². The summed E-state index contributed by atoms with van der Waals surface area (Å²) >= 11 is 0. The van der Waals surface area contributed by atoms with Crippen LogP contribution in [-0.4, -0.2) is 17.5 Å². The molecule has 0 aromatic rings. The molecule has 0 aliphatic heterocycles. The van der Waals surface area contributed by atoms with Crippen molar-refractivity contribution in [1.29, 1.82) is 5.26 Å². The van der Waals surface area contributed by atoms with Crippen LogP contribution in [0, 0.1) is 11.3 Å². The van der Waals surface area contributed by atoms with Crippen LogP contribution < -0.4 is 5.84 Å². The van der Waals surface area contributed by atoms with Crippen LogP contribution in [0.5, 0.6) is 0 Å². The van der Waals surface area contributed by atoms with E-state index in [1.807, 2.05) is 0 Å². The van der Waals surface area contributed by atoms with Crippen LogP contribution in [0.25, 0.3) is 0 Å². The molecule has 0 bridgehead atoms. The van der Waals surface area contributed by atoms with E-state index in [-0.39, 0.29) is 12.3 Å². The van der Waals surface area contributed by atoms with E-state index in [0.29, 0.717) is 6.54 Å². The van der Waals surface area contributed by atoms with Crippen molar-refractivity contribution >= 4 is 5.91 Å². The molecule has 0 aliphatic carbocycles. The lowest BCUT2D eigenvalue weighted by atomic mass is 10.2. The lowest BCUT2D eigenvalue weighted by molar-refractivity contribution is -0.130. The van der Waals surface area contributed by atoms with Crippen molar-refractivity contribution in [2.75, 3.05) is 6.54 Å². The van der Waals surface area contributed by atoms with Crippen LogP contribution >= 0.6 is 0 Å². The Bertz CT molecular complexity index is 174. The molecule has 0 fully saturated rings. The molecule has 0 radical (unpaired) electrons. The molecule has 1 amide bonds. The van der Waals surface area contributed by atoms with E-state index in [1.165, 1.54) is 0 Å². The van der Waals surface area contributed by atoms with Gasteiger partial charge in [-0.25, -0.2) is 5.84 Å². The number of amides is 1. The van der Waals surface area contributed by atoms with Gasteiger partial charge < -0.3 is 0 Å². The van der Waals surface area contributed by atoms with Crippen molar-refractivity contribution in [3.05, 3.63) is 0 Å². The topological polar surface area (TPSA) is 70.1 Å². The first-order chi connectivity index (χ1) is 5.72. The Hall–Kier alpha value is -1.08. The third-order valence-electron chi connectivity index (χ3n) is 1.55. The van der Waals surface area contributed by atoms with Crippen molar-refractivity contribution in [3.8, 4) is 6.07 Å². The molecule has 68 valence electrons. The molecule has 0 spiro atoms. The van der Waals surface area contributed by atoms with Crippen molar-refractivity contribution in [2.45, 2.75) is 32.6 Å². The summed E-state index contributed by atoms with van der Waals surface area (Å²) in [7, 11) is 0. The number of hydrogen-bond acceptors (Lipinski definition) is 3. The fraction of sp³-hybridized carbons (Fsp3) is 0.750. The van der Waals surface area contributed by atoms with Gasteiger partial charge in [0, 0.05) is 6.54 Å². The fourth-order valence-corrected chi connectivity index (χ4v) is 0.826. The largest absolute Gasteiger partial charge is 0.280 e. The van der Waals surface area contributed by atoms with Crippen molar-refractivity contribution < 1.29 is 4.79 Å². The van der Waals surface area contributed by atoms with E-state index in [4.69, 9.17) is 11.1 Å². The maximum Gasteiger partial charge on any atom is 0.250 e. The molecule has 0 atom stereocenters. The van der Waals surface area contributed by atoms with Gasteiger partial charge in [-0.3, -0.25) is 9.80 Å². The maximum absolute atomic E-state index is 10.9. The fourth-order valence-electron chi connectivity index (χ4n) is 0.826. The van der Waals surface area contributed by atoms with E-state index in [9.17, 15) is 4.79 Å². The molecule has 2 N–H and O–H groups in total. The van der Waals surface area contributed by atoms with E-state index >= 15 is 0 Å². The van der Waals surface area contributed by atoms with Gasteiger partial charge in [-0.1, -0.05) is 19.8 Å². The summed E-state index contributed by atoms with van der Waals surface area (Å²) in [5, 5.41) is 9.33. The minimum absolute atomic E-state index is 0.122. The third kappa shape index (κ3) is 4.69. The van der Waals surface area contributed by atoms with Crippen LogP contribution in [0.15, 0.2) is 0 Å². The number of nitrogens with two attached hydrogens (primary N) is 1. The monoisotopic (exact) mass is 169 g/mol. The molecule has 0 saturated heterocycles. The van der Waals surface area contributed by atoms with Gasteiger partial charge in [0.2, 0.25) is 0 Å². The summed E-state index contributed by atoms with van der Waals surface area (Å²) in [6.07, 6.45) is 2.95. The second-order valence-corrected chi connectivity index (χ2v) is 2.63. The third-order valence-corrected chi connectivity index (χ3v) is 1.55. The first kappa shape index (κ1) is 10.9. The number of nitrogens with zero attached hydrogens (tertiary/aromatic N) is 2. The molecule has 0 unspecified atom stereocenters. The van der Waals surface area contributed by atoms with Gasteiger partial charge in [0.15, 0.2) is 0 Å². The zero-order valence-electron chi connectivity index (χ0n) is 7.42. The van der Waals surface area contributed by atoms with Gasteiger partial charge in [0.25, 0.3) is 5.91 Å². The van der Waals surface area contributed by atoms with Gasteiger partial charge in [0.1, 0.15) is 6.42 Å². The SMILES string of the molecule is CCCCCN(N)C(=O)CC#N. The van der Waals surface area contributed by atoms with Crippen molar-refractivity contribution in [2.24, 2.45) is 5.84 Å². The number of unbranched alkanes of at least 4 members (excludes halogenated alkanes) is 2. The molecule has 0 aromatic heterocycles. The van der Waals surface area contributed by atoms with Gasteiger partial charge >= 0.3 is 0 Å². The van der Waals surface area contributed by atoms with Gasteiger partial charge in [0.05, 0.1) is 6.07 Å². The highest BCUT2D eigenvalue weighted by Crippen LogP contribution is 1.96. The van der Waals surface area contributed by atoms with Crippen LogP contribution in [-0.2, 0) is 4.79 Å². The number of rotatable bonds is 5. The van der Waals surface area contributed by atoms with Crippen molar-refractivity contribution in [3.63, 3.8) is 0 Å². The Morgan fingerprint density at radius 3 is 2.75 bits per heavy atom. The number of carbonyl (C=O) groups is 1. The Morgan fingerprint density at radius 2 is 2.25 bits per heavy atom. The molecule has 0 rings (SSSR count). The molecule has 0 saturated carbocycles. The van der Waals surface area contributed by atoms with Crippen molar-refractivity contribution in [1.82, 2.24) is 5.01 Å². The van der Waals surface area contributed by atoms with Crippen LogP contribution in [0.3, 0.4) is 0 Å². The highest BCUT2D eigenvalue weighted by atomic mass is 16.2. The number of hydrogen-bond donors (Lipinski definition) is 1. The smallest absolute Gasteiger partial charge is 0.250 e. The summed E-state index contributed by atoms with van der Waals surface area (Å²) in [6.45, 7) is 2.63. The highest BCUT2D eigenvalue weighted by molar-refractivity contribution is 5.77. The second-order valence-electron chi connectivity index (χ2n) is 2.63. The van der Waals surface area contributed by atoms with Gasteiger partial charge in [-0.2, -0.15) is 5.26 Å². The average Bonchev–Trinajstić information content (AvgIpc) is 2.05. The quantitative estimate of drug-likeness (QED) is 0.286. The standard InChI is InChI=1S/C8H15N3O/c1-2-3-4-7-11(10)8(12)5-6-9/h2-5,7,10H2,1H3. The zero-order chi connectivity index (χ0) is 9.40. The molecule has 4 heteroatoms. The maximum atomic E-state index is 10.9. The van der Waals surface area contributed by atoms with E-state index < -0.39 is 0 Å². The Labute approximate surface area is 72.9 Å². The first-order valence-electron chi connectivity index (χ1n) is 4.14. The highest BCUT2D eigenvalue weighted by Gasteiger charge is 2.06. The average molecular weight is 169 g/mol. The molecular weight excluding hydrogens is 154 g/mol. The minimum atomic E-state index is -0.298. The Morgan fingerprint density at radius 1 is 1.58 bits per heavy atom. The lowest BCUT2D eigenvalue weighted by Gasteiger charge is -2.13. The first-order valence-corrected chi connectivity index (χ1v) is 4.14. The predicted molar refractivity (Wildman–Crippen MR) is 45.7 cm³/mol. The number of carbonyl (C=O) groups excluding carboxylic acids is 1. The molecule has 0 aromatic carbocycles. The number of nitriles is 1. The molecular formula is C8H15N3O. The predicted octanol–water partition coefficient (Wildman–Crippen LogP) is 0.793. The van der Waals surface area contributed by atoms with E-state index in [0.717, 1.165) is 24.3 Å². The molecule has 12 heavy (non-hydrogen) atoms. The normalized spacial score (nSPS) is 9.08. The second kappa shape index (κ2) is 6.62. The summed E-state index contributed by atoms with van der Waals surface area (Å²) < 4.78 is 0. The van der Waals surface area contributed by atoms with E-state index in [1.54, 1.807) is 6.07 Å². The van der Waals surface area contributed by atoms with Crippen LogP contribution in [0.1, 0.15) is 32.6 Å².